The predicted molar refractivity (Wildman–Crippen MR) is 66.1 cm³/mol. The van der Waals surface area contributed by atoms with E-state index < -0.39 is 12.3 Å². The van der Waals surface area contributed by atoms with Crippen LogP contribution in [-0.4, -0.2) is 17.9 Å². The third-order valence-corrected chi connectivity index (χ3v) is 2.82. The molecule has 0 aliphatic carbocycles. The van der Waals surface area contributed by atoms with Crippen LogP contribution in [-0.2, 0) is 0 Å². The zero-order chi connectivity index (χ0) is 14.0. The Kier molecular flexibility index (Phi) is 3.66. The third-order valence-electron chi connectivity index (χ3n) is 2.82. The molecule has 0 amide bonds. The summed E-state index contributed by atoms with van der Waals surface area (Å²) < 4.78 is 43.3. The topological polar surface area (TPSA) is 29.5 Å². The third kappa shape index (κ3) is 2.66. The highest BCUT2D eigenvalue weighted by Crippen LogP contribution is 2.38. The van der Waals surface area contributed by atoms with Gasteiger partial charge in [-0.3, -0.25) is 0 Å². The van der Waals surface area contributed by atoms with Gasteiger partial charge in [-0.25, -0.2) is 0 Å². The summed E-state index contributed by atoms with van der Waals surface area (Å²) in [5.74, 6) is 0.510. The molecule has 1 unspecified atom stereocenters. The van der Waals surface area contributed by atoms with Crippen molar-refractivity contribution in [1.82, 2.24) is 0 Å². The van der Waals surface area contributed by atoms with E-state index in [-0.39, 0.29) is 5.56 Å². The highest BCUT2D eigenvalue weighted by molar-refractivity contribution is 5.91. The van der Waals surface area contributed by atoms with Gasteiger partial charge in [-0.1, -0.05) is 30.3 Å². The van der Waals surface area contributed by atoms with Crippen molar-refractivity contribution >= 4 is 10.8 Å². The SMILES string of the molecule is CCOc1ccc(C(O)C(F)(F)F)c2ccccc12. The summed E-state index contributed by atoms with van der Waals surface area (Å²) in [5.41, 5.74) is -0.161. The Balaban J connectivity index is 2.62. The van der Waals surface area contributed by atoms with Crippen LogP contribution in [0.5, 0.6) is 5.75 Å². The van der Waals surface area contributed by atoms with Gasteiger partial charge in [0.15, 0.2) is 6.10 Å². The first-order valence-electron chi connectivity index (χ1n) is 5.84. The number of aliphatic hydroxyl groups is 1. The summed E-state index contributed by atoms with van der Waals surface area (Å²) in [6.07, 6.45) is -7.18. The average Bonchev–Trinajstić information content (AvgIpc) is 2.37. The number of fused-ring (bicyclic) bond motifs is 1. The van der Waals surface area contributed by atoms with Gasteiger partial charge in [0.2, 0.25) is 0 Å². The van der Waals surface area contributed by atoms with Crippen LogP contribution in [0.15, 0.2) is 36.4 Å². The Morgan fingerprint density at radius 3 is 2.32 bits per heavy atom. The second kappa shape index (κ2) is 5.09. The van der Waals surface area contributed by atoms with E-state index in [2.05, 4.69) is 0 Å². The molecule has 0 heterocycles. The second-order valence-electron chi connectivity index (χ2n) is 4.08. The first kappa shape index (κ1) is 13.7. The number of rotatable bonds is 3. The Morgan fingerprint density at radius 1 is 1.11 bits per heavy atom. The fraction of sp³-hybridized carbons (Fsp3) is 0.286. The summed E-state index contributed by atoms with van der Waals surface area (Å²) in [4.78, 5) is 0. The van der Waals surface area contributed by atoms with Crippen molar-refractivity contribution in [2.24, 2.45) is 0 Å². The maximum atomic E-state index is 12.6. The van der Waals surface area contributed by atoms with E-state index in [4.69, 9.17) is 4.74 Å². The fourth-order valence-corrected chi connectivity index (χ4v) is 1.99. The number of benzene rings is 2. The summed E-state index contributed by atoms with van der Waals surface area (Å²) in [5, 5.41) is 10.3. The van der Waals surface area contributed by atoms with E-state index in [0.29, 0.717) is 23.1 Å². The fourth-order valence-electron chi connectivity index (χ4n) is 1.99. The minimum atomic E-state index is -4.68. The van der Waals surface area contributed by atoms with Gasteiger partial charge in [0.05, 0.1) is 6.61 Å². The molecule has 0 saturated heterocycles. The highest BCUT2D eigenvalue weighted by atomic mass is 19.4. The van der Waals surface area contributed by atoms with Crippen molar-refractivity contribution in [1.29, 1.82) is 0 Å². The summed E-state index contributed by atoms with van der Waals surface area (Å²) >= 11 is 0. The van der Waals surface area contributed by atoms with Crippen LogP contribution in [0.3, 0.4) is 0 Å². The molecular formula is C14H13F3O2. The van der Waals surface area contributed by atoms with Crippen LogP contribution >= 0.6 is 0 Å². The monoisotopic (exact) mass is 270 g/mol. The molecule has 102 valence electrons. The van der Waals surface area contributed by atoms with Crippen LogP contribution < -0.4 is 4.74 Å². The van der Waals surface area contributed by atoms with Crippen molar-refractivity contribution in [3.05, 3.63) is 42.0 Å². The molecular weight excluding hydrogens is 257 g/mol. The van der Waals surface area contributed by atoms with Crippen LogP contribution in [0.1, 0.15) is 18.6 Å². The minimum Gasteiger partial charge on any atom is -0.493 e. The molecule has 5 heteroatoms. The zero-order valence-corrected chi connectivity index (χ0v) is 10.2. The molecule has 2 aromatic rings. The Bertz CT molecular complexity index is 578. The van der Waals surface area contributed by atoms with E-state index >= 15 is 0 Å². The normalized spacial score (nSPS) is 13.5. The number of alkyl halides is 3. The van der Waals surface area contributed by atoms with Crippen LogP contribution in [0, 0.1) is 0 Å². The molecule has 0 radical (unpaired) electrons. The van der Waals surface area contributed by atoms with Gasteiger partial charge in [-0.05, 0) is 23.9 Å². The number of ether oxygens (including phenoxy) is 1. The molecule has 0 spiro atoms. The van der Waals surface area contributed by atoms with Crippen molar-refractivity contribution in [3.8, 4) is 5.75 Å². The highest BCUT2D eigenvalue weighted by Gasteiger charge is 2.40. The van der Waals surface area contributed by atoms with Crippen LogP contribution in [0.4, 0.5) is 13.2 Å². The van der Waals surface area contributed by atoms with Gasteiger partial charge in [0.1, 0.15) is 5.75 Å². The van der Waals surface area contributed by atoms with E-state index in [1.807, 2.05) is 0 Å². The summed E-state index contributed by atoms with van der Waals surface area (Å²) in [6, 6.07) is 9.27. The smallest absolute Gasteiger partial charge is 0.418 e. The molecule has 2 rings (SSSR count). The number of halogens is 3. The molecule has 0 aromatic heterocycles. The first-order chi connectivity index (χ1) is 8.95. The maximum Gasteiger partial charge on any atom is 0.418 e. The second-order valence-corrected chi connectivity index (χ2v) is 4.08. The first-order valence-corrected chi connectivity index (χ1v) is 5.84. The van der Waals surface area contributed by atoms with Gasteiger partial charge in [-0.15, -0.1) is 0 Å². The average molecular weight is 270 g/mol. The van der Waals surface area contributed by atoms with E-state index in [9.17, 15) is 18.3 Å². The lowest BCUT2D eigenvalue weighted by molar-refractivity contribution is -0.206. The Morgan fingerprint density at radius 2 is 1.74 bits per heavy atom. The molecule has 0 aliphatic rings. The van der Waals surface area contributed by atoms with Crippen LogP contribution in [0.25, 0.3) is 10.8 Å². The molecule has 19 heavy (non-hydrogen) atoms. The van der Waals surface area contributed by atoms with Gasteiger partial charge in [0, 0.05) is 5.39 Å². The van der Waals surface area contributed by atoms with Crippen molar-refractivity contribution in [2.75, 3.05) is 6.61 Å². The maximum absolute atomic E-state index is 12.6. The Hall–Kier alpha value is -1.75. The lowest BCUT2D eigenvalue weighted by Gasteiger charge is -2.18. The number of hydrogen-bond acceptors (Lipinski definition) is 2. The molecule has 2 aromatic carbocycles. The molecule has 0 aliphatic heterocycles. The van der Waals surface area contributed by atoms with Gasteiger partial charge >= 0.3 is 6.18 Å². The number of hydrogen-bond donors (Lipinski definition) is 1. The lowest BCUT2D eigenvalue weighted by atomic mass is 9.99. The minimum absolute atomic E-state index is 0.161. The molecule has 1 N–H and O–H groups in total. The van der Waals surface area contributed by atoms with E-state index in [1.54, 1.807) is 31.2 Å². The van der Waals surface area contributed by atoms with Crippen LogP contribution in [0.2, 0.25) is 0 Å². The van der Waals surface area contributed by atoms with E-state index in [0.717, 1.165) is 0 Å². The van der Waals surface area contributed by atoms with Gasteiger partial charge in [0.25, 0.3) is 0 Å². The summed E-state index contributed by atoms with van der Waals surface area (Å²) in [7, 11) is 0. The van der Waals surface area contributed by atoms with Crippen molar-refractivity contribution < 1.29 is 23.0 Å². The predicted octanol–water partition coefficient (Wildman–Crippen LogP) is 3.83. The molecule has 0 bridgehead atoms. The number of aliphatic hydroxyl groups excluding tert-OH is 1. The molecule has 1 atom stereocenters. The van der Waals surface area contributed by atoms with Gasteiger partial charge in [-0.2, -0.15) is 13.2 Å². The van der Waals surface area contributed by atoms with Crippen molar-refractivity contribution in [2.45, 2.75) is 19.2 Å². The standard InChI is InChI=1S/C14H13F3O2/c1-2-19-12-8-7-11(13(18)14(15,16)17)9-5-3-4-6-10(9)12/h3-8,13,18H,2H2,1H3. The molecule has 2 nitrogen and oxygen atoms in total. The van der Waals surface area contributed by atoms with Gasteiger partial charge < -0.3 is 9.84 Å². The van der Waals surface area contributed by atoms with E-state index in [1.165, 1.54) is 12.1 Å². The molecule has 0 fully saturated rings. The van der Waals surface area contributed by atoms with Crippen molar-refractivity contribution in [3.63, 3.8) is 0 Å². The Labute approximate surface area is 108 Å². The molecule has 0 saturated carbocycles. The largest absolute Gasteiger partial charge is 0.493 e. The zero-order valence-electron chi connectivity index (χ0n) is 10.2. The summed E-state index contributed by atoms with van der Waals surface area (Å²) in [6.45, 7) is 2.22. The lowest BCUT2D eigenvalue weighted by Crippen LogP contribution is -2.20. The quantitative estimate of drug-likeness (QED) is 0.918.